The molecule has 6 N–H and O–H groups in total. The molecule has 2 heterocycles. The number of rotatable bonds is 0. The maximum atomic E-state index is 11.2. The van der Waals surface area contributed by atoms with Gasteiger partial charge in [-0.3, -0.25) is 9.59 Å². The zero-order chi connectivity index (χ0) is 12.2. The van der Waals surface area contributed by atoms with Gasteiger partial charge < -0.3 is 25.7 Å². The monoisotopic (exact) mass is 233 g/mol. The number of hydrogen-bond acceptors (Lipinski definition) is 4. The molecule has 8 nitrogen and oxygen atoms in total. The van der Waals surface area contributed by atoms with E-state index in [9.17, 15) is 14.4 Å². The summed E-state index contributed by atoms with van der Waals surface area (Å²) in [5.41, 5.74) is 5.53. The highest BCUT2D eigenvalue weighted by Gasteiger charge is 2.09. The van der Waals surface area contributed by atoms with E-state index in [0.717, 1.165) is 0 Å². The van der Waals surface area contributed by atoms with Gasteiger partial charge in [0.25, 0.3) is 0 Å². The number of nitrogens with one attached hydrogen (secondary N) is 4. The Bertz CT molecular complexity index is 910. The third kappa shape index (κ3) is 1.20. The zero-order valence-electron chi connectivity index (χ0n) is 8.38. The summed E-state index contributed by atoms with van der Waals surface area (Å²) in [6, 6.07) is 1.52. The Kier molecular flexibility index (Phi) is 1.60. The SMILES string of the molecule is Nc1c2[nH]c(=O)[nH]c2cc2[nH]c(=O)c(=O)[nH]c12. The van der Waals surface area contributed by atoms with Crippen LogP contribution in [0.25, 0.3) is 22.1 Å². The Morgan fingerprint density at radius 2 is 1.41 bits per heavy atom. The van der Waals surface area contributed by atoms with Crippen LogP contribution < -0.4 is 22.5 Å². The summed E-state index contributed by atoms with van der Waals surface area (Å²) in [5, 5.41) is 0. The highest BCUT2D eigenvalue weighted by Crippen LogP contribution is 2.23. The molecule has 3 aromatic rings. The summed E-state index contributed by atoms with van der Waals surface area (Å²) in [7, 11) is 0. The number of hydrogen-bond donors (Lipinski definition) is 5. The Labute approximate surface area is 91.5 Å². The van der Waals surface area contributed by atoms with Crippen molar-refractivity contribution in [3.63, 3.8) is 0 Å². The van der Waals surface area contributed by atoms with Crippen LogP contribution in [0.3, 0.4) is 0 Å². The Morgan fingerprint density at radius 1 is 0.824 bits per heavy atom. The molecule has 0 saturated heterocycles. The van der Waals surface area contributed by atoms with Crippen molar-refractivity contribution in [2.75, 3.05) is 5.73 Å². The fourth-order valence-corrected chi connectivity index (χ4v) is 1.79. The molecular weight excluding hydrogens is 226 g/mol. The molecule has 0 unspecified atom stereocenters. The van der Waals surface area contributed by atoms with Gasteiger partial charge in [0.1, 0.15) is 0 Å². The molecule has 17 heavy (non-hydrogen) atoms. The molecule has 0 fully saturated rings. The fraction of sp³-hybridized carbons (Fsp3) is 0. The minimum absolute atomic E-state index is 0.198. The Hall–Kier alpha value is -2.77. The molecule has 0 saturated carbocycles. The van der Waals surface area contributed by atoms with E-state index in [1.807, 2.05) is 0 Å². The molecule has 0 aliphatic carbocycles. The van der Waals surface area contributed by atoms with Crippen molar-refractivity contribution in [1.82, 2.24) is 19.9 Å². The van der Waals surface area contributed by atoms with Crippen molar-refractivity contribution < 1.29 is 0 Å². The van der Waals surface area contributed by atoms with Crippen molar-refractivity contribution in [2.24, 2.45) is 0 Å². The number of imidazole rings is 1. The minimum atomic E-state index is -0.790. The molecule has 1 aromatic carbocycles. The lowest BCUT2D eigenvalue weighted by molar-refractivity contribution is 1.15. The normalized spacial score (nSPS) is 11.3. The third-order valence-corrected chi connectivity index (χ3v) is 2.55. The van der Waals surface area contributed by atoms with Crippen LogP contribution in [0, 0.1) is 0 Å². The maximum absolute atomic E-state index is 11.2. The van der Waals surface area contributed by atoms with Gasteiger partial charge in [-0.05, 0) is 6.07 Å². The first-order valence-corrected chi connectivity index (χ1v) is 4.73. The quantitative estimate of drug-likeness (QED) is 0.250. The standard InChI is InChI=1S/C9H7N5O3/c10-4-5-2(11-7(15)8(16)13-5)1-3-6(4)14-9(17)12-3/h1H,10H2,(H,11,15)(H,13,16)(H2,12,14,17). The van der Waals surface area contributed by atoms with E-state index in [2.05, 4.69) is 19.9 Å². The van der Waals surface area contributed by atoms with E-state index in [1.165, 1.54) is 6.07 Å². The number of aromatic nitrogens is 4. The lowest BCUT2D eigenvalue weighted by atomic mass is 10.2. The van der Waals surface area contributed by atoms with E-state index in [0.29, 0.717) is 16.6 Å². The highest BCUT2D eigenvalue weighted by atomic mass is 16.2. The lowest BCUT2D eigenvalue weighted by Gasteiger charge is -2.02. The van der Waals surface area contributed by atoms with Gasteiger partial charge in [0, 0.05) is 0 Å². The predicted molar refractivity (Wildman–Crippen MR) is 62.1 cm³/mol. The van der Waals surface area contributed by atoms with Crippen molar-refractivity contribution in [2.45, 2.75) is 0 Å². The van der Waals surface area contributed by atoms with E-state index < -0.39 is 16.8 Å². The average Bonchev–Trinajstić information content (AvgIpc) is 2.63. The summed E-state index contributed by atoms with van der Waals surface area (Å²) < 4.78 is 0. The molecule has 2 aromatic heterocycles. The maximum Gasteiger partial charge on any atom is 0.323 e. The highest BCUT2D eigenvalue weighted by molar-refractivity contribution is 6.03. The first-order valence-electron chi connectivity index (χ1n) is 4.73. The molecule has 0 radical (unpaired) electrons. The summed E-state index contributed by atoms with van der Waals surface area (Å²) in [4.78, 5) is 43.3. The molecule has 0 aliphatic heterocycles. The average molecular weight is 233 g/mol. The number of H-pyrrole nitrogens is 4. The first kappa shape index (κ1) is 9.46. The van der Waals surface area contributed by atoms with Gasteiger partial charge in [0.15, 0.2) is 0 Å². The Morgan fingerprint density at radius 3 is 2.18 bits per heavy atom. The molecule has 0 aliphatic rings. The minimum Gasteiger partial charge on any atom is -0.395 e. The van der Waals surface area contributed by atoms with Gasteiger partial charge in [-0.1, -0.05) is 0 Å². The molecule has 0 atom stereocenters. The number of nitrogen functional groups attached to an aromatic ring is 1. The summed E-state index contributed by atoms with van der Waals surface area (Å²) in [6.07, 6.45) is 0. The lowest BCUT2D eigenvalue weighted by Crippen LogP contribution is -2.29. The van der Waals surface area contributed by atoms with Crippen molar-refractivity contribution in [3.05, 3.63) is 37.3 Å². The van der Waals surface area contributed by atoms with Gasteiger partial charge in [0.05, 0.1) is 27.8 Å². The van der Waals surface area contributed by atoms with Crippen LogP contribution in [0.4, 0.5) is 5.69 Å². The number of fused-ring (bicyclic) bond motifs is 2. The van der Waals surface area contributed by atoms with E-state index >= 15 is 0 Å². The van der Waals surface area contributed by atoms with Crippen molar-refractivity contribution in [3.8, 4) is 0 Å². The number of anilines is 1. The topological polar surface area (TPSA) is 140 Å². The third-order valence-electron chi connectivity index (χ3n) is 2.55. The van der Waals surface area contributed by atoms with Gasteiger partial charge >= 0.3 is 16.8 Å². The van der Waals surface area contributed by atoms with Crippen LogP contribution in [0.5, 0.6) is 0 Å². The molecule has 3 rings (SSSR count). The predicted octanol–water partition coefficient (Wildman–Crippen LogP) is -1.03. The molecule has 0 spiro atoms. The van der Waals surface area contributed by atoms with Gasteiger partial charge in [-0.2, -0.15) is 0 Å². The number of nitrogens with two attached hydrogens (primary N) is 1. The second-order valence-corrected chi connectivity index (χ2v) is 3.62. The fourth-order valence-electron chi connectivity index (χ4n) is 1.79. The molecule has 8 heteroatoms. The van der Waals surface area contributed by atoms with Crippen molar-refractivity contribution in [1.29, 1.82) is 0 Å². The van der Waals surface area contributed by atoms with Crippen molar-refractivity contribution >= 4 is 27.8 Å². The largest absolute Gasteiger partial charge is 0.395 e. The second kappa shape index (κ2) is 2.88. The summed E-state index contributed by atoms with van der Waals surface area (Å²) in [6.45, 7) is 0. The van der Waals surface area contributed by atoms with Crippen LogP contribution in [0.1, 0.15) is 0 Å². The van der Waals surface area contributed by atoms with Crippen LogP contribution in [0.15, 0.2) is 20.4 Å². The van der Waals surface area contributed by atoms with Gasteiger partial charge in [-0.15, -0.1) is 0 Å². The Balaban J connectivity index is 2.67. The molecule has 0 amide bonds. The van der Waals surface area contributed by atoms with Crippen LogP contribution >= 0.6 is 0 Å². The van der Waals surface area contributed by atoms with Gasteiger partial charge in [-0.25, -0.2) is 4.79 Å². The molecule has 86 valence electrons. The molecule has 0 bridgehead atoms. The van der Waals surface area contributed by atoms with Gasteiger partial charge in [0.2, 0.25) is 0 Å². The van der Waals surface area contributed by atoms with E-state index in [4.69, 9.17) is 5.73 Å². The first-order chi connectivity index (χ1) is 8.06. The number of benzene rings is 1. The van der Waals surface area contributed by atoms with Crippen LogP contribution in [-0.4, -0.2) is 19.9 Å². The number of aromatic amines is 4. The van der Waals surface area contributed by atoms with Crippen LogP contribution in [0.2, 0.25) is 0 Å². The molecular formula is C9H7N5O3. The van der Waals surface area contributed by atoms with E-state index in [-0.39, 0.29) is 11.2 Å². The van der Waals surface area contributed by atoms with Crippen LogP contribution in [-0.2, 0) is 0 Å². The zero-order valence-corrected chi connectivity index (χ0v) is 8.38. The smallest absolute Gasteiger partial charge is 0.323 e. The second-order valence-electron chi connectivity index (χ2n) is 3.62. The summed E-state index contributed by atoms with van der Waals surface area (Å²) in [5.74, 6) is 0. The summed E-state index contributed by atoms with van der Waals surface area (Å²) >= 11 is 0. The van der Waals surface area contributed by atoms with E-state index in [1.54, 1.807) is 0 Å².